The molecule has 0 unspecified atom stereocenters. The summed E-state index contributed by atoms with van der Waals surface area (Å²) in [5.41, 5.74) is 1.38. The first-order valence-electron chi connectivity index (χ1n) is 7.06. The van der Waals surface area contributed by atoms with Gasteiger partial charge >= 0.3 is 0 Å². The van der Waals surface area contributed by atoms with Gasteiger partial charge in [0, 0.05) is 42.5 Å². The molecule has 3 nitrogen and oxygen atoms in total. The third-order valence-corrected chi connectivity index (χ3v) is 4.79. The first-order chi connectivity index (χ1) is 8.93. The van der Waals surface area contributed by atoms with E-state index in [1.165, 1.54) is 44.2 Å². The molecule has 1 fully saturated rings. The predicted molar refractivity (Wildman–Crippen MR) is 76.3 cm³/mol. The van der Waals surface area contributed by atoms with Crippen molar-refractivity contribution in [3.05, 3.63) is 23.5 Å². The Morgan fingerprint density at radius 1 is 1.28 bits per heavy atom. The standard InChI is InChI=1S/C14H21N3S/c1-2-4-6-12(5-3-1)15-8-7-13-11-18-14-16-9-10-17(13)14/h9-12,15H,1-8H2. The van der Waals surface area contributed by atoms with Crippen molar-refractivity contribution < 1.29 is 0 Å². The normalized spacial score (nSPS) is 18.2. The number of thiazole rings is 1. The highest BCUT2D eigenvalue weighted by Gasteiger charge is 2.11. The summed E-state index contributed by atoms with van der Waals surface area (Å²) >= 11 is 1.73. The van der Waals surface area contributed by atoms with Crippen LogP contribution in [0, 0.1) is 0 Å². The molecule has 2 aromatic rings. The van der Waals surface area contributed by atoms with Crippen LogP contribution in [-0.4, -0.2) is 22.0 Å². The number of nitrogens with zero attached hydrogens (tertiary/aromatic N) is 2. The van der Waals surface area contributed by atoms with E-state index in [2.05, 4.69) is 26.3 Å². The summed E-state index contributed by atoms with van der Waals surface area (Å²) in [5, 5.41) is 5.96. The fourth-order valence-electron chi connectivity index (χ4n) is 2.84. The first-order valence-corrected chi connectivity index (χ1v) is 7.94. The quantitative estimate of drug-likeness (QED) is 0.858. The Morgan fingerprint density at radius 2 is 2.11 bits per heavy atom. The Morgan fingerprint density at radius 3 is 2.94 bits per heavy atom. The van der Waals surface area contributed by atoms with Crippen LogP contribution in [0.15, 0.2) is 17.8 Å². The molecule has 1 aliphatic carbocycles. The third kappa shape index (κ3) is 2.75. The summed E-state index contributed by atoms with van der Waals surface area (Å²) in [4.78, 5) is 5.42. The van der Waals surface area contributed by atoms with Crippen molar-refractivity contribution in [3.8, 4) is 0 Å². The van der Waals surface area contributed by atoms with E-state index in [-0.39, 0.29) is 0 Å². The molecule has 18 heavy (non-hydrogen) atoms. The van der Waals surface area contributed by atoms with Crippen LogP contribution in [0.4, 0.5) is 0 Å². The van der Waals surface area contributed by atoms with Gasteiger partial charge in [-0.05, 0) is 12.8 Å². The van der Waals surface area contributed by atoms with E-state index in [1.54, 1.807) is 11.3 Å². The van der Waals surface area contributed by atoms with E-state index >= 15 is 0 Å². The van der Waals surface area contributed by atoms with E-state index in [0.29, 0.717) is 0 Å². The fraction of sp³-hybridized carbons (Fsp3) is 0.643. The summed E-state index contributed by atoms with van der Waals surface area (Å²) in [6.45, 7) is 1.09. The van der Waals surface area contributed by atoms with Crippen molar-refractivity contribution in [3.63, 3.8) is 0 Å². The van der Waals surface area contributed by atoms with Crippen molar-refractivity contribution in [2.45, 2.75) is 51.0 Å². The maximum Gasteiger partial charge on any atom is 0.193 e. The van der Waals surface area contributed by atoms with Crippen LogP contribution in [0.3, 0.4) is 0 Å². The largest absolute Gasteiger partial charge is 0.314 e. The molecule has 2 aromatic heterocycles. The Balaban J connectivity index is 1.50. The SMILES string of the molecule is c1cn2c(CCNC3CCCCCC3)csc2n1. The Hall–Kier alpha value is -0.870. The van der Waals surface area contributed by atoms with Crippen molar-refractivity contribution >= 4 is 16.3 Å². The topological polar surface area (TPSA) is 29.3 Å². The smallest absolute Gasteiger partial charge is 0.193 e. The van der Waals surface area contributed by atoms with Gasteiger partial charge in [-0.15, -0.1) is 11.3 Å². The zero-order valence-corrected chi connectivity index (χ0v) is 11.6. The minimum absolute atomic E-state index is 0.754. The van der Waals surface area contributed by atoms with Gasteiger partial charge in [-0.3, -0.25) is 4.40 Å². The van der Waals surface area contributed by atoms with Crippen LogP contribution >= 0.6 is 11.3 Å². The molecular formula is C14H21N3S. The Labute approximate surface area is 112 Å². The lowest BCUT2D eigenvalue weighted by Gasteiger charge is -2.15. The summed E-state index contributed by atoms with van der Waals surface area (Å²) in [5.74, 6) is 0. The molecule has 0 amide bonds. The lowest BCUT2D eigenvalue weighted by Crippen LogP contribution is -2.30. The number of aromatic nitrogens is 2. The van der Waals surface area contributed by atoms with Crippen LogP contribution in [-0.2, 0) is 6.42 Å². The van der Waals surface area contributed by atoms with Gasteiger partial charge in [-0.25, -0.2) is 4.98 Å². The van der Waals surface area contributed by atoms with E-state index in [4.69, 9.17) is 0 Å². The molecule has 2 heterocycles. The maximum atomic E-state index is 4.31. The predicted octanol–water partition coefficient (Wildman–Crippen LogP) is 3.25. The van der Waals surface area contributed by atoms with E-state index in [1.807, 2.05) is 6.20 Å². The molecule has 0 aromatic carbocycles. The second kappa shape index (κ2) is 5.85. The number of imidazole rings is 1. The lowest BCUT2D eigenvalue weighted by atomic mass is 10.1. The highest BCUT2D eigenvalue weighted by atomic mass is 32.1. The number of rotatable bonds is 4. The number of hydrogen-bond donors (Lipinski definition) is 1. The lowest BCUT2D eigenvalue weighted by molar-refractivity contribution is 0.462. The van der Waals surface area contributed by atoms with Gasteiger partial charge in [0.1, 0.15) is 0 Å². The maximum absolute atomic E-state index is 4.31. The molecular weight excluding hydrogens is 242 g/mol. The summed E-state index contributed by atoms with van der Waals surface area (Å²) < 4.78 is 2.21. The minimum Gasteiger partial charge on any atom is -0.314 e. The molecule has 0 aliphatic heterocycles. The van der Waals surface area contributed by atoms with E-state index in [0.717, 1.165) is 24.0 Å². The monoisotopic (exact) mass is 263 g/mol. The van der Waals surface area contributed by atoms with Gasteiger partial charge in [0.15, 0.2) is 4.96 Å². The molecule has 98 valence electrons. The van der Waals surface area contributed by atoms with Crippen LogP contribution < -0.4 is 5.32 Å². The van der Waals surface area contributed by atoms with E-state index < -0.39 is 0 Å². The number of fused-ring (bicyclic) bond motifs is 1. The molecule has 0 saturated heterocycles. The third-order valence-electron chi connectivity index (χ3n) is 3.89. The molecule has 4 heteroatoms. The Bertz CT molecular complexity index is 480. The van der Waals surface area contributed by atoms with Crippen LogP contribution in [0.2, 0.25) is 0 Å². The van der Waals surface area contributed by atoms with Gasteiger partial charge in [0.05, 0.1) is 0 Å². The first kappa shape index (κ1) is 12.2. The van der Waals surface area contributed by atoms with Crippen molar-refractivity contribution in [1.29, 1.82) is 0 Å². The second-order valence-electron chi connectivity index (χ2n) is 5.20. The minimum atomic E-state index is 0.754. The average Bonchev–Trinajstić information content (AvgIpc) is 2.88. The van der Waals surface area contributed by atoms with E-state index in [9.17, 15) is 0 Å². The highest BCUT2D eigenvalue weighted by molar-refractivity contribution is 7.15. The Kier molecular flexibility index (Phi) is 3.96. The van der Waals surface area contributed by atoms with Gasteiger partial charge in [0.25, 0.3) is 0 Å². The fourth-order valence-corrected chi connectivity index (χ4v) is 3.73. The summed E-state index contributed by atoms with van der Waals surface area (Å²) in [6, 6.07) is 0.754. The zero-order chi connectivity index (χ0) is 12.2. The van der Waals surface area contributed by atoms with Crippen molar-refractivity contribution in [2.75, 3.05) is 6.54 Å². The number of hydrogen-bond acceptors (Lipinski definition) is 3. The summed E-state index contributed by atoms with van der Waals surface area (Å²) in [7, 11) is 0. The molecule has 0 spiro atoms. The van der Waals surface area contributed by atoms with Crippen LogP contribution in [0.25, 0.3) is 4.96 Å². The zero-order valence-electron chi connectivity index (χ0n) is 10.8. The average molecular weight is 263 g/mol. The molecule has 0 bridgehead atoms. The summed E-state index contributed by atoms with van der Waals surface area (Å²) in [6.07, 6.45) is 13.4. The second-order valence-corrected chi connectivity index (χ2v) is 6.04. The molecule has 1 N–H and O–H groups in total. The van der Waals surface area contributed by atoms with Crippen LogP contribution in [0.5, 0.6) is 0 Å². The molecule has 3 rings (SSSR count). The van der Waals surface area contributed by atoms with Gasteiger partial charge in [-0.1, -0.05) is 25.7 Å². The van der Waals surface area contributed by atoms with Crippen LogP contribution in [0.1, 0.15) is 44.2 Å². The van der Waals surface area contributed by atoms with Gasteiger partial charge in [-0.2, -0.15) is 0 Å². The highest BCUT2D eigenvalue weighted by Crippen LogP contribution is 2.18. The van der Waals surface area contributed by atoms with Gasteiger partial charge < -0.3 is 5.32 Å². The number of nitrogens with one attached hydrogen (secondary N) is 1. The van der Waals surface area contributed by atoms with Crippen molar-refractivity contribution in [2.24, 2.45) is 0 Å². The van der Waals surface area contributed by atoms with Crippen molar-refractivity contribution in [1.82, 2.24) is 14.7 Å². The van der Waals surface area contributed by atoms with Gasteiger partial charge in [0.2, 0.25) is 0 Å². The molecule has 0 atom stereocenters. The molecule has 1 aliphatic rings. The molecule has 0 radical (unpaired) electrons. The molecule has 1 saturated carbocycles.